The van der Waals surface area contributed by atoms with Crippen LogP contribution in [0.2, 0.25) is 0 Å². The molecule has 25 valence electrons. The van der Waals surface area contributed by atoms with Crippen molar-refractivity contribution in [2.75, 3.05) is 0 Å². The van der Waals surface area contributed by atoms with Crippen LogP contribution >= 0.6 is 0 Å². The van der Waals surface area contributed by atoms with Crippen LogP contribution in [-0.4, -0.2) is 0 Å². The van der Waals surface area contributed by atoms with E-state index < -0.39 is 0 Å². The second-order valence-electron chi connectivity index (χ2n) is 0. The summed E-state index contributed by atoms with van der Waals surface area (Å²) in [4.78, 5) is 0. The second kappa shape index (κ2) is 16.8. The summed E-state index contributed by atoms with van der Waals surface area (Å²) in [6.07, 6.45) is 0. The molecule has 0 N–H and O–H groups in total. The average molecular weight is 474 g/mol. The molecule has 0 fully saturated rings. The SMILES string of the molecule is [Nb].[Nb].[Nb].[Pt]. The van der Waals surface area contributed by atoms with E-state index in [9.17, 15) is 0 Å². The normalized spacial score (nSPS) is 0. The second-order valence-corrected chi connectivity index (χ2v) is 0. The van der Waals surface area contributed by atoms with Crippen LogP contribution in [0, 0.1) is 0 Å². The van der Waals surface area contributed by atoms with E-state index in [1.807, 2.05) is 0 Å². The summed E-state index contributed by atoms with van der Waals surface area (Å²) in [7, 11) is 0. The van der Waals surface area contributed by atoms with Crippen molar-refractivity contribution < 1.29 is 88.2 Å². The van der Waals surface area contributed by atoms with Gasteiger partial charge in [0.1, 0.15) is 0 Å². The van der Waals surface area contributed by atoms with E-state index in [0.717, 1.165) is 0 Å². The molecule has 0 saturated carbocycles. The zero-order valence-electron chi connectivity index (χ0n) is 1.66. The maximum Gasteiger partial charge on any atom is 0 e. The molecule has 0 aliphatic heterocycles. The van der Waals surface area contributed by atoms with E-state index in [-0.39, 0.29) is 88.2 Å². The predicted molar refractivity (Wildman–Crippen MR) is 0 cm³/mol. The first-order chi connectivity index (χ1) is 0. The van der Waals surface area contributed by atoms with Crippen LogP contribution in [0.15, 0.2) is 0 Å². The van der Waals surface area contributed by atoms with Crippen molar-refractivity contribution in [1.82, 2.24) is 0 Å². The number of rotatable bonds is 0. The molecule has 0 amide bonds. The molecule has 0 rings (SSSR count). The molecule has 0 nitrogen and oxygen atoms in total. The third-order valence-electron chi connectivity index (χ3n) is 0. The van der Waals surface area contributed by atoms with Gasteiger partial charge < -0.3 is 0 Å². The fraction of sp³-hybridized carbons (Fsp3) is 0. The molecule has 0 aromatic rings. The van der Waals surface area contributed by atoms with Crippen molar-refractivity contribution in [1.29, 1.82) is 0 Å². The van der Waals surface area contributed by atoms with Gasteiger partial charge in [-0.2, -0.15) is 0 Å². The fourth-order valence-electron chi connectivity index (χ4n) is 0. The van der Waals surface area contributed by atoms with Gasteiger partial charge in [0.25, 0.3) is 0 Å². The summed E-state index contributed by atoms with van der Waals surface area (Å²) in [5.41, 5.74) is 0. The Morgan fingerprint density at radius 2 is 0.500 bits per heavy atom. The quantitative estimate of drug-likeness (QED) is 0.434. The molecular formula is Nb3Pt. The Morgan fingerprint density at radius 3 is 0.500 bits per heavy atom. The van der Waals surface area contributed by atoms with Crippen LogP contribution < -0.4 is 0 Å². The van der Waals surface area contributed by atoms with Gasteiger partial charge in [-0.1, -0.05) is 0 Å². The van der Waals surface area contributed by atoms with E-state index in [0.29, 0.717) is 0 Å². The van der Waals surface area contributed by atoms with E-state index in [1.54, 1.807) is 0 Å². The van der Waals surface area contributed by atoms with Crippen LogP contribution in [-0.2, 0) is 88.2 Å². The van der Waals surface area contributed by atoms with Crippen molar-refractivity contribution in [3.63, 3.8) is 0 Å². The molecule has 0 heterocycles. The molecular weight excluding hydrogens is 474 g/mol. The van der Waals surface area contributed by atoms with Gasteiger partial charge in [-0.05, 0) is 0 Å². The largest absolute Gasteiger partial charge is 0 e. The molecule has 0 atom stereocenters. The zero-order chi connectivity index (χ0) is 0. The molecule has 4 heteroatoms. The Balaban J connectivity index is 0. The molecule has 4 heavy (non-hydrogen) atoms. The first-order valence-electron chi connectivity index (χ1n) is 0. The van der Waals surface area contributed by atoms with Crippen molar-refractivity contribution >= 4 is 0 Å². The molecule has 0 aromatic carbocycles. The van der Waals surface area contributed by atoms with Gasteiger partial charge in [0.05, 0.1) is 0 Å². The van der Waals surface area contributed by atoms with Crippen LogP contribution in [0.25, 0.3) is 0 Å². The van der Waals surface area contributed by atoms with Gasteiger partial charge in [0.2, 0.25) is 0 Å². The minimum absolute atomic E-state index is 0. The summed E-state index contributed by atoms with van der Waals surface area (Å²) in [5, 5.41) is 0. The van der Waals surface area contributed by atoms with E-state index in [2.05, 4.69) is 0 Å². The van der Waals surface area contributed by atoms with Gasteiger partial charge >= 0.3 is 0 Å². The first kappa shape index (κ1) is 28.5. The third-order valence-corrected chi connectivity index (χ3v) is 0. The molecule has 0 aliphatic rings. The molecule has 3 radical (unpaired) electrons. The Bertz CT molecular complexity index is 3.25. The first-order valence-corrected chi connectivity index (χ1v) is 0. The predicted octanol–water partition coefficient (Wildman–Crippen LogP) is -0.0100. The van der Waals surface area contributed by atoms with Crippen LogP contribution in [0.4, 0.5) is 0 Å². The standard InChI is InChI=1S/3Nb.Pt. The summed E-state index contributed by atoms with van der Waals surface area (Å²) in [6.45, 7) is 0. The number of hydrogen-bond donors (Lipinski definition) is 0. The van der Waals surface area contributed by atoms with Gasteiger partial charge in [0, 0.05) is 88.2 Å². The van der Waals surface area contributed by atoms with Gasteiger partial charge in [-0.3, -0.25) is 0 Å². The molecule has 0 bridgehead atoms. The minimum Gasteiger partial charge on any atom is 0 e. The molecule has 0 aliphatic carbocycles. The maximum atomic E-state index is 0. The fourth-order valence-corrected chi connectivity index (χ4v) is 0. The Labute approximate surface area is 86.7 Å². The average Bonchev–Trinajstić information content (AvgIpc) is 0. The topological polar surface area (TPSA) is 0 Å². The van der Waals surface area contributed by atoms with Crippen molar-refractivity contribution in [2.24, 2.45) is 0 Å². The van der Waals surface area contributed by atoms with E-state index in [4.69, 9.17) is 0 Å². The van der Waals surface area contributed by atoms with Gasteiger partial charge in [-0.15, -0.1) is 0 Å². The van der Waals surface area contributed by atoms with E-state index >= 15 is 0 Å². The Kier molecular flexibility index (Phi) is 120. The van der Waals surface area contributed by atoms with Crippen molar-refractivity contribution in [2.45, 2.75) is 0 Å². The summed E-state index contributed by atoms with van der Waals surface area (Å²) < 4.78 is 0. The van der Waals surface area contributed by atoms with Crippen molar-refractivity contribution in [3.05, 3.63) is 0 Å². The van der Waals surface area contributed by atoms with Crippen LogP contribution in [0.1, 0.15) is 0 Å². The van der Waals surface area contributed by atoms with Crippen LogP contribution in [0.5, 0.6) is 0 Å². The molecule has 0 aromatic heterocycles. The zero-order valence-corrected chi connectivity index (χ0v) is 10.5. The van der Waals surface area contributed by atoms with Crippen molar-refractivity contribution in [3.8, 4) is 0 Å². The summed E-state index contributed by atoms with van der Waals surface area (Å²) in [6, 6.07) is 0. The maximum absolute atomic E-state index is 0. The van der Waals surface area contributed by atoms with Crippen LogP contribution in [0.3, 0.4) is 0 Å². The smallest absolute Gasteiger partial charge is 0 e. The number of hydrogen-bond acceptors (Lipinski definition) is 0. The van der Waals surface area contributed by atoms with Gasteiger partial charge in [-0.25, -0.2) is 0 Å². The van der Waals surface area contributed by atoms with Gasteiger partial charge in [0.15, 0.2) is 0 Å². The monoisotopic (exact) mass is 474 g/mol. The third kappa shape index (κ3) is 8.86. The van der Waals surface area contributed by atoms with E-state index in [1.165, 1.54) is 0 Å². The molecule has 0 unspecified atom stereocenters. The summed E-state index contributed by atoms with van der Waals surface area (Å²) >= 11 is 0. The molecule has 0 saturated heterocycles. The minimum atomic E-state index is 0. The molecule has 0 spiro atoms. The Hall–Kier alpha value is 2.91. The summed E-state index contributed by atoms with van der Waals surface area (Å²) in [5.74, 6) is 0. The Morgan fingerprint density at radius 1 is 0.500 bits per heavy atom.